The van der Waals surface area contributed by atoms with Crippen LogP contribution in [0.4, 0.5) is 8.78 Å². The van der Waals surface area contributed by atoms with E-state index in [1.807, 2.05) is 0 Å². The Morgan fingerprint density at radius 1 is 1.41 bits per heavy atom. The molecule has 0 fully saturated rings. The highest BCUT2D eigenvalue weighted by atomic mass is 32.2. The lowest BCUT2D eigenvalue weighted by Gasteiger charge is -2.06. The molecule has 0 radical (unpaired) electrons. The molecule has 94 valence electrons. The van der Waals surface area contributed by atoms with Crippen molar-refractivity contribution in [3.63, 3.8) is 0 Å². The van der Waals surface area contributed by atoms with Gasteiger partial charge in [0.05, 0.1) is 7.11 Å². The summed E-state index contributed by atoms with van der Waals surface area (Å²) in [6.45, 7) is -0.658. The van der Waals surface area contributed by atoms with Crippen molar-refractivity contribution in [3.8, 4) is 0 Å². The van der Waals surface area contributed by atoms with Crippen LogP contribution in [0.25, 0.3) is 0 Å². The third kappa shape index (κ3) is 3.46. The fourth-order valence-corrected chi connectivity index (χ4v) is 2.04. The van der Waals surface area contributed by atoms with E-state index in [1.54, 1.807) is 4.72 Å². The fraction of sp³-hybridized carbons (Fsp3) is 0.222. The molecule has 0 aliphatic heterocycles. The van der Waals surface area contributed by atoms with Gasteiger partial charge < -0.3 is 4.74 Å². The monoisotopic (exact) mass is 265 g/mol. The highest BCUT2D eigenvalue weighted by Crippen LogP contribution is 2.15. The number of hydrogen-bond acceptors (Lipinski definition) is 4. The average molecular weight is 265 g/mol. The number of ether oxygens (including phenoxy) is 1. The Hall–Kier alpha value is -1.54. The molecule has 8 heteroatoms. The lowest BCUT2D eigenvalue weighted by atomic mass is 10.3. The summed E-state index contributed by atoms with van der Waals surface area (Å²) in [5.74, 6) is -2.85. The first kappa shape index (κ1) is 13.5. The van der Waals surface area contributed by atoms with E-state index in [1.165, 1.54) is 0 Å². The Labute approximate surface area is 96.4 Å². The van der Waals surface area contributed by atoms with Crippen LogP contribution >= 0.6 is 0 Å². The van der Waals surface area contributed by atoms with Crippen molar-refractivity contribution in [2.75, 3.05) is 13.7 Å². The van der Waals surface area contributed by atoms with Crippen molar-refractivity contribution in [1.82, 2.24) is 4.72 Å². The number of esters is 1. The Kier molecular flexibility index (Phi) is 4.13. The largest absolute Gasteiger partial charge is 0.468 e. The molecule has 1 N–H and O–H groups in total. The van der Waals surface area contributed by atoms with Gasteiger partial charge in [-0.1, -0.05) is 0 Å². The Bertz CT molecular complexity index is 530. The second-order valence-corrected chi connectivity index (χ2v) is 4.71. The predicted octanol–water partition coefficient (Wildman–Crippen LogP) is 0.416. The zero-order chi connectivity index (χ0) is 13.1. The standard InChI is InChI=1S/C9H9F2NO4S/c1-16-9(13)5-12-17(14,15)8-4-6(10)2-3-7(8)11/h2-4,12H,5H2,1H3. The van der Waals surface area contributed by atoms with Gasteiger partial charge in [0.25, 0.3) is 0 Å². The van der Waals surface area contributed by atoms with E-state index in [9.17, 15) is 22.0 Å². The number of methoxy groups -OCH3 is 1. The first-order valence-corrected chi connectivity index (χ1v) is 5.86. The molecule has 1 aromatic carbocycles. The number of carbonyl (C=O) groups is 1. The van der Waals surface area contributed by atoms with E-state index in [0.29, 0.717) is 12.1 Å². The van der Waals surface area contributed by atoms with Gasteiger partial charge in [-0.2, -0.15) is 4.72 Å². The van der Waals surface area contributed by atoms with E-state index in [0.717, 1.165) is 13.2 Å². The Morgan fingerprint density at radius 2 is 2.06 bits per heavy atom. The third-order valence-corrected chi connectivity index (χ3v) is 3.23. The predicted molar refractivity (Wildman–Crippen MR) is 53.6 cm³/mol. The summed E-state index contributed by atoms with van der Waals surface area (Å²) < 4.78 is 54.9. The molecule has 0 aliphatic rings. The van der Waals surface area contributed by atoms with Gasteiger partial charge in [0.2, 0.25) is 10.0 Å². The minimum atomic E-state index is -4.28. The molecule has 0 aromatic heterocycles. The first-order valence-electron chi connectivity index (χ1n) is 4.38. The molecule has 0 spiro atoms. The summed E-state index contributed by atoms with van der Waals surface area (Å²) in [4.78, 5) is 9.86. The molecule has 1 aromatic rings. The zero-order valence-corrected chi connectivity index (χ0v) is 9.55. The maximum Gasteiger partial charge on any atom is 0.320 e. The van der Waals surface area contributed by atoms with E-state index in [-0.39, 0.29) is 0 Å². The third-order valence-electron chi connectivity index (χ3n) is 1.82. The van der Waals surface area contributed by atoms with Crippen molar-refractivity contribution >= 4 is 16.0 Å². The molecule has 0 aliphatic carbocycles. The van der Waals surface area contributed by atoms with E-state index in [2.05, 4.69) is 4.74 Å². The molecular weight excluding hydrogens is 256 g/mol. The number of benzene rings is 1. The van der Waals surface area contributed by atoms with Crippen molar-refractivity contribution in [3.05, 3.63) is 29.8 Å². The van der Waals surface area contributed by atoms with Crippen LogP contribution in [0, 0.1) is 11.6 Å². The minimum Gasteiger partial charge on any atom is -0.468 e. The normalized spacial score (nSPS) is 11.2. The summed E-state index contributed by atoms with van der Waals surface area (Å²) >= 11 is 0. The quantitative estimate of drug-likeness (QED) is 0.801. The zero-order valence-electron chi connectivity index (χ0n) is 8.74. The van der Waals surface area contributed by atoms with Crippen LogP contribution in [0.5, 0.6) is 0 Å². The van der Waals surface area contributed by atoms with Crippen LogP contribution in [-0.4, -0.2) is 28.0 Å². The van der Waals surface area contributed by atoms with Crippen LogP contribution in [-0.2, 0) is 19.6 Å². The Balaban J connectivity index is 2.97. The van der Waals surface area contributed by atoms with Gasteiger partial charge >= 0.3 is 5.97 Å². The van der Waals surface area contributed by atoms with Gasteiger partial charge in [-0.15, -0.1) is 0 Å². The van der Waals surface area contributed by atoms with Gasteiger partial charge in [0.15, 0.2) is 0 Å². The number of sulfonamides is 1. The molecule has 0 heterocycles. The molecule has 0 amide bonds. The summed E-state index contributed by atoms with van der Waals surface area (Å²) in [5, 5.41) is 0. The fourth-order valence-electron chi connectivity index (χ4n) is 0.987. The number of halogens is 2. The van der Waals surface area contributed by atoms with Gasteiger partial charge in [0.1, 0.15) is 23.1 Å². The van der Waals surface area contributed by atoms with E-state index in [4.69, 9.17) is 0 Å². The van der Waals surface area contributed by atoms with Gasteiger partial charge in [-0.25, -0.2) is 17.2 Å². The van der Waals surface area contributed by atoms with Crippen LogP contribution < -0.4 is 4.72 Å². The summed E-state index contributed by atoms with van der Waals surface area (Å²) in [6.07, 6.45) is 0. The average Bonchev–Trinajstić information content (AvgIpc) is 2.29. The van der Waals surface area contributed by atoms with Gasteiger partial charge in [0, 0.05) is 0 Å². The summed E-state index contributed by atoms with van der Waals surface area (Å²) in [7, 11) is -3.22. The van der Waals surface area contributed by atoms with Crippen LogP contribution in [0.2, 0.25) is 0 Å². The number of rotatable bonds is 4. The number of carbonyl (C=O) groups excluding carboxylic acids is 1. The molecule has 0 unspecified atom stereocenters. The highest BCUT2D eigenvalue weighted by Gasteiger charge is 2.20. The second-order valence-electron chi connectivity index (χ2n) is 2.98. The smallest absolute Gasteiger partial charge is 0.320 e. The topological polar surface area (TPSA) is 72.5 Å². The first-order chi connectivity index (χ1) is 7.86. The molecule has 0 saturated heterocycles. The van der Waals surface area contributed by atoms with E-state index >= 15 is 0 Å². The molecule has 17 heavy (non-hydrogen) atoms. The minimum absolute atomic E-state index is 0.523. The molecule has 0 bridgehead atoms. The summed E-state index contributed by atoms with van der Waals surface area (Å²) in [6, 6.07) is 1.99. The van der Waals surface area contributed by atoms with Crippen molar-refractivity contribution in [1.29, 1.82) is 0 Å². The maximum absolute atomic E-state index is 13.2. The molecule has 0 atom stereocenters. The van der Waals surface area contributed by atoms with Gasteiger partial charge in [-0.3, -0.25) is 4.79 Å². The second kappa shape index (κ2) is 5.19. The number of nitrogens with one attached hydrogen (secondary N) is 1. The lowest BCUT2D eigenvalue weighted by Crippen LogP contribution is -2.30. The molecule has 0 saturated carbocycles. The maximum atomic E-state index is 13.2. The molecular formula is C9H9F2NO4S. The van der Waals surface area contributed by atoms with Crippen molar-refractivity contribution in [2.45, 2.75) is 4.90 Å². The van der Waals surface area contributed by atoms with E-state index < -0.39 is 39.1 Å². The lowest BCUT2D eigenvalue weighted by molar-refractivity contribution is -0.139. The summed E-state index contributed by atoms with van der Waals surface area (Å²) in [5.41, 5.74) is 0. The number of hydrogen-bond donors (Lipinski definition) is 1. The van der Waals surface area contributed by atoms with Crippen LogP contribution in [0.1, 0.15) is 0 Å². The molecule has 5 nitrogen and oxygen atoms in total. The van der Waals surface area contributed by atoms with Crippen molar-refractivity contribution in [2.24, 2.45) is 0 Å². The SMILES string of the molecule is COC(=O)CNS(=O)(=O)c1cc(F)ccc1F. The van der Waals surface area contributed by atoms with Crippen LogP contribution in [0.15, 0.2) is 23.1 Å². The van der Waals surface area contributed by atoms with Gasteiger partial charge in [-0.05, 0) is 18.2 Å². The van der Waals surface area contributed by atoms with Crippen molar-refractivity contribution < 1.29 is 26.7 Å². The Morgan fingerprint density at radius 3 is 2.65 bits per heavy atom. The molecule has 1 rings (SSSR count). The highest BCUT2D eigenvalue weighted by molar-refractivity contribution is 7.89. The van der Waals surface area contributed by atoms with Crippen LogP contribution in [0.3, 0.4) is 0 Å².